The number of aliphatic carboxylic acids is 1. The Morgan fingerprint density at radius 2 is 2.15 bits per heavy atom. The van der Waals surface area contributed by atoms with Gasteiger partial charge < -0.3 is 15.8 Å². The number of H-pyrrole nitrogens is 1. The summed E-state index contributed by atoms with van der Waals surface area (Å²) in [4.78, 5) is 14.1. The molecular formula is C16H22N2O2. The van der Waals surface area contributed by atoms with E-state index in [0.29, 0.717) is 12.3 Å². The van der Waals surface area contributed by atoms with Gasteiger partial charge in [-0.3, -0.25) is 4.79 Å². The van der Waals surface area contributed by atoms with Crippen LogP contribution in [0.4, 0.5) is 0 Å². The molecule has 2 aromatic rings. The highest BCUT2D eigenvalue weighted by molar-refractivity contribution is 5.88. The van der Waals surface area contributed by atoms with E-state index in [1.165, 1.54) is 23.8 Å². The van der Waals surface area contributed by atoms with Crippen LogP contribution in [0.5, 0.6) is 0 Å². The summed E-state index contributed by atoms with van der Waals surface area (Å²) in [6, 6.07) is 5.38. The fraction of sp³-hybridized carbons (Fsp3) is 0.438. The molecule has 1 saturated carbocycles. The summed E-state index contributed by atoms with van der Waals surface area (Å²) in [6.07, 6.45) is 4.72. The van der Waals surface area contributed by atoms with E-state index >= 15 is 0 Å². The topological polar surface area (TPSA) is 79.1 Å². The number of aromatic nitrogens is 1. The Labute approximate surface area is 119 Å². The van der Waals surface area contributed by atoms with Gasteiger partial charge in [0.2, 0.25) is 0 Å². The molecule has 4 nitrogen and oxygen atoms in total. The molecule has 4 heteroatoms. The van der Waals surface area contributed by atoms with Crippen molar-refractivity contribution in [1.82, 2.24) is 4.98 Å². The molecule has 1 aromatic carbocycles. The lowest BCUT2D eigenvalue weighted by Crippen LogP contribution is -2.32. The van der Waals surface area contributed by atoms with Crippen molar-refractivity contribution in [3.8, 4) is 0 Å². The molecule has 1 unspecified atom stereocenters. The Morgan fingerprint density at radius 1 is 1.45 bits per heavy atom. The predicted molar refractivity (Wildman–Crippen MR) is 80.9 cm³/mol. The first-order valence-electron chi connectivity index (χ1n) is 7.24. The smallest absolute Gasteiger partial charge is 0.320 e. The Hall–Kier alpha value is -1.81. The molecule has 1 aromatic heterocycles. The van der Waals surface area contributed by atoms with Crippen molar-refractivity contribution in [3.63, 3.8) is 0 Å². The summed E-state index contributed by atoms with van der Waals surface area (Å²) >= 11 is 0. The number of hydrogen-bond donors (Lipinski definition) is 3. The largest absolute Gasteiger partial charge is 0.480 e. The third-order valence-electron chi connectivity index (χ3n) is 3.59. The maximum absolute atomic E-state index is 10.9. The quantitative estimate of drug-likeness (QED) is 0.801. The van der Waals surface area contributed by atoms with Crippen molar-refractivity contribution < 1.29 is 9.90 Å². The van der Waals surface area contributed by atoms with E-state index in [1.807, 2.05) is 32.2 Å². The molecule has 0 saturated heterocycles. The highest BCUT2D eigenvalue weighted by Gasteiger charge is 2.27. The first-order valence-corrected chi connectivity index (χ1v) is 7.24. The number of aromatic amines is 1. The van der Waals surface area contributed by atoms with Crippen LogP contribution < -0.4 is 5.73 Å². The van der Waals surface area contributed by atoms with Gasteiger partial charge in [-0.15, -0.1) is 0 Å². The molecule has 1 heterocycles. The van der Waals surface area contributed by atoms with E-state index in [2.05, 4.69) is 11.1 Å². The molecule has 0 aliphatic heterocycles. The Bertz CT molecular complexity index is 600. The summed E-state index contributed by atoms with van der Waals surface area (Å²) < 4.78 is 0. The van der Waals surface area contributed by atoms with Gasteiger partial charge in [0.15, 0.2) is 0 Å². The summed E-state index contributed by atoms with van der Waals surface area (Å²) in [7, 11) is 0. The standard InChI is InChI=1S/C14H16N2O2.C2H6/c15-11(14(17)18)6-9-7-16-12-3-1-2-10(13(9)12)8-4-5-8;1-2/h1-3,7-8,11,16H,4-6,15H2,(H,17,18);1-2H3. The zero-order valence-electron chi connectivity index (χ0n) is 12.0. The molecule has 0 bridgehead atoms. The molecule has 1 atom stereocenters. The lowest BCUT2D eigenvalue weighted by molar-refractivity contribution is -0.138. The van der Waals surface area contributed by atoms with Crippen LogP contribution >= 0.6 is 0 Å². The second kappa shape index (κ2) is 6.09. The molecule has 0 amide bonds. The Balaban J connectivity index is 0.000000704. The van der Waals surface area contributed by atoms with Crippen LogP contribution in [0.15, 0.2) is 24.4 Å². The summed E-state index contributed by atoms with van der Waals surface area (Å²) in [5.41, 5.74) is 9.05. The van der Waals surface area contributed by atoms with Crippen molar-refractivity contribution >= 4 is 16.9 Å². The number of nitrogens with one attached hydrogen (secondary N) is 1. The van der Waals surface area contributed by atoms with Gasteiger partial charge >= 0.3 is 5.97 Å². The number of fused-ring (bicyclic) bond motifs is 1. The van der Waals surface area contributed by atoms with Gasteiger partial charge in [-0.05, 0) is 36.0 Å². The van der Waals surface area contributed by atoms with Crippen LogP contribution in [0.2, 0.25) is 0 Å². The Morgan fingerprint density at radius 3 is 2.75 bits per heavy atom. The van der Waals surface area contributed by atoms with Crippen molar-refractivity contribution in [1.29, 1.82) is 0 Å². The van der Waals surface area contributed by atoms with E-state index in [1.54, 1.807) is 0 Å². The lowest BCUT2D eigenvalue weighted by Gasteiger charge is -2.07. The summed E-state index contributed by atoms with van der Waals surface area (Å²) in [6.45, 7) is 4.00. The second-order valence-electron chi connectivity index (χ2n) is 5.01. The minimum atomic E-state index is -0.951. The zero-order chi connectivity index (χ0) is 14.7. The average molecular weight is 274 g/mol. The van der Waals surface area contributed by atoms with Crippen LogP contribution in [0.3, 0.4) is 0 Å². The maximum atomic E-state index is 10.9. The summed E-state index contributed by atoms with van der Waals surface area (Å²) in [5, 5.41) is 10.1. The normalized spacial score (nSPS) is 15.6. The van der Waals surface area contributed by atoms with Crippen LogP contribution in [0.25, 0.3) is 10.9 Å². The molecule has 1 aliphatic rings. The molecule has 3 rings (SSSR count). The van der Waals surface area contributed by atoms with E-state index in [9.17, 15) is 4.79 Å². The van der Waals surface area contributed by atoms with Gasteiger partial charge in [-0.2, -0.15) is 0 Å². The SMILES string of the molecule is CC.NC(Cc1c[nH]c2cccc(C3CC3)c12)C(=O)O. The second-order valence-corrected chi connectivity index (χ2v) is 5.01. The van der Waals surface area contributed by atoms with Gasteiger partial charge in [-0.25, -0.2) is 0 Å². The predicted octanol–water partition coefficient (Wildman–Crippen LogP) is 3.03. The zero-order valence-corrected chi connectivity index (χ0v) is 12.0. The van der Waals surface area contributed by atoms with Crippen molar-refractivity contribution in [2.45, 2.75) is 45.1 Å². The third-order valence-corrected chi connectivity index (χ3v) is 3.59. The first kappa shape index (κ1) is 14.6. The molecule has 20 heavy (non-hydrogen) atoms. The average Bonchev–Trinajstić information content (AvgIpc) is 3.23. The van der Waals surface area contributed by atoms with Gasteiger partial charge in [-0.1, -0.05) is 26.0 Å². The molecular weight excluding hydrogens is 252 g/mol. The molecule has 1 aliphatic carbocycles. The van der Waals surface area contributed by atoms with E-state index in [0.717, 1.165) is 11.1 Å². The van der Waals surface area contributed by atoms with Crippen LogP contribution in [0.1, 0.15) is 43.7 Å². The molecule has 1 fully saturated rings. The van der Waals surface area contributed by atoms with Gasteiger partial charge in [0.25, 0.3) is 0 Å². The highest BCUT2D eigenvalue weighted by atomic mass is 16.4. The monoisotopic (exact) mass is 274 g/mol. The van der Waals surface area contributed by atoms with Crippen LogP contribution in [0, 0.1) is 0 Å². The van der Waals surface area contributed by atoms with Crippen molar-refractivity contribution in [3.05, 3.63) is 35.5 Å². The number of carbonyl (C=O) groups is 1. The van der Waals surface area contributed by atoms with E-state index in [4.69, 9.17) is 10.8 Å². The fourth-order valence-corrected chi connectivity index (χ4v) is 2.51. The maximum Gasteiger partial charge on any atom is 0.320 e. The minimum Gasteiger partial charge on any atom is -0.480 e. The molecule has 4 N–H and O–H groups in total. The van der Waals surface area contributed by atoms with Crippen molar-refractivity contribution in [2.75, 3.05) is 0 Å². The van der Waals surface area contributed by atoms with Crippen LogP contribution in [-0.4, -0.2) is 22.1 Å². The first-order chi connectivity index (χ1) is 9.66. The Kier molecular flexibility index (Phi) is 4.45. The highest BCUT2D eigenvalue weighted by Crippen LogP contribution is 2.43. The van der Waals surface area contributed by atoms with Crippen LogP contribution in [-0.2, 0) is 11.2 Å². The molecule has 0 spiro atoms. The third kappa shape index (κ3) is 2.85. The number of benzene rings is 1. The molecule has 108 valence electrons. The number of carboxylic acid groups (broad SMARTS) is 1. The van der Waals surface area contributed by atoms with Crippen molar-refractivity contribution in [2.24, 2.45) is 5.73 Å². The van der Waals surface area contributed by atoms with Gasteiger partial charge in [0, 0.05) is 23.5 Å². The molecule has 0 radical (unpaired) electrons. The summed E-state index contributed by atoms with van der Waals surface area (Å²) in [5.74, 6) is -0.308. The van der Waals surface area contributed by atoms with Gasteiger partial charge in [0.1, 0.15) is 6.04 Å². The minimum absolute atomic E-state index is 0.374. The number of nitrogens with two attached hydrogens (primary N) is 1. The fourth-order valence-electron chi connectivity index (χ4n) is 2.51. The number of rotatable bonds is 4. The lowest BCUT2D eigenvalue weighted by atomic mass is 9.99. The van der Waals surface area contributed by atoms with Gasteiger partial charge in [0.05, 0.1) is 0 Å². The van der Waals surface area contributed by atoms with E-state index in [-0.39, 0.29) is 0 Å². The number of carboxylic acids is 1. The number of hydrogen-bond acceptors (Lipinski definition) is 2. The van der Waals surface area contributed by atoms with E-state index < -0.39 is 12.0 Å².